The second-order valence-corrected chi connectivity index (χ2v) is 4.47. The van der Waals surface area contributed by atoms with Crippen LogP contribution in [0.25, 0.3) is 0 Å². The Hall–Kier alpha value is -1.97. The molecule has 3 N–H and O–H groups in total. The summed E-state index contributed by atoms with van der Waals surface area (Å²) in [5, 5.41) is 3.33. The fourth-order valence-electron chi connectivity index (χ4n) is 1.51. The van der Waals surface area contributed by atoms with E-state index < -0.39 is 5.97 Å². The number of rotatable bonds is 7. The van der Waals surface area contributed by atoms with E-state index >= 15 is 0 Å². The van der Waals surface area contributed by atoms with E-state index in [4.69, 9.17) is 10.5 Å². The largest absolute Gasteiger partial charge is 0.458 e. The lowest BCUT2D eigenvalue weighted by Gasteiger charge is -2.07. The monoisotopic (exact) mass is 262 g/mol. The van der Waals surface area contributed by atoms with Crippen LogP contribution in [0.4, 0.5) is 5.69 Å². The highest BCUT2D eigenvalue weighted by molar-refractivity contribution is 5.82. The van der Waals surface area contributed by atoms with Crippen LogP contribution in [0.15, 0.2) is 36.0 Å². The van der Waals surface area contributed by atoms with E-state index in [9.17, 15) is 4.79 Å². The Morgan fingerprint density at radius 2 is 2.05 bits per heavy atom. The third-order valence-electron chi connectivity index (χ3n) is 2.54. The zero-order valence-electron chi connectivity index (χ0n) is 11.6. The summed E-state index contributed by atoms with van der Waals surface area (Å²) in [7, 11) is 0. The molecule has 0 heterocycles. The molecule has 0 amide bonds. The van der Waals surface area contributed by atoms with Crippen molar-refractivity contribution in [3.05, 3.63) is 41.6 Å². The van der Waals surface area contributed by atoms with Gasteiger partial charge in [0.1, 0.15) is 6.61 Å². The number of carbonyl (C=O) groups excluding carboxylic acids is 1. The van der Waals surface area contributed by atoms with Gasteiger partial charge in [0, 0.05) is 24.0 Å². The van der Waals surface area contributed by atoms with E-state index in [-0.39, 0.29) is 6.61 Å². The van der Waals surface area contributed by atoms with Crippen LogP contribution in [0.2, 0.25) is 0 Å². The van der Waals surface area contributed by atoms with Gasteiger partial charge in [-0.05, 0) is 31.0 Å². The Labute approximate surface area is 114 Å². The fraction of sp³-hybridized carbons (Fsp3) is 0.400. The van der Waals surface area contributed by atoms with Crippen LogP contribution in [0.5, 0.6) is 0 Å². The molecule has 1 aromatic rings. The van der Waals surface area contributed by atoms with Gasteiger partial charge in [0.25, 0.3) is 0 Å². The second-order valence-electron chi connectivity index (χ2n) is 4.47. The number of nitrogens with two attached hydrogens (primary N) is 1. The average Bonchev–Trinajstić information content (AvgIpc) is 2.37. The molecule has 0 saturated carbocycles. The first-order chi connectivity index (χ1) is 9.11. The van der Waals surface area contributed by atoms with Gasteiger partial charge >= 0.3 is 5.97 Å². The number of esters is 1. The number of anilines is 1. The Morgan fingerprint density at radius 1 is 1.37 bits per heavy atom. The van der Waals surface area contributed by atoms with E-state index in [2.05, 4.69) is 12.2 Å². The van der Waals surface area contributed by atoms with Gasteiger partial charge in [-0.2, -0.15) is 0 Å². The summed E-state index contributed by atoms with van der Waals surface area (Å²) in [5.41, 5.74) is 7.88. The lowest BCUT2D eigenvalue weighted by Crippen LogP contribution is -2.04. The van der Waals surface area contributed by atoms with Crippen LogP contribution in [0.1, 0.15) is 32.3 Å². The minimum absolute atomic E-state index is 0.262. The molecular formula is C15H22N2O2. The minimum atomic E-state index is -0.412. The molecule has 0 aromatic heterocycles. The molecule has 0 aliphatic rings. The van der Waals surface area contributed by atoms with E-state index in [1.54, 1.807) is 6.92 Å². The van der Waals surface area contributed by atoms with Crippen molar-refractivity contribution in [1.82, 2.24) is 0 Å². The standard InChI is InChI=1S/C15H22N2O2/c1-3-4-9-17-14-7-5-13(6-8-14)11-19-15(18)10-12(2)16/h5-8,10,17H,3-4,9,11,16H2,1-2H3/b12-10-. The molecule has 0 unspecified atom stereocenters. The van der Waals surface area contributed by atoms with Crippen molar-refractivity contribution in [1.29, 1.82) is 0 Å². The number of carbonyl (C=O) groups is 1. The zero-order valence-corrected chi connectivity index (χ0v) is 11.6. The molecule has 0 saturated heterocycles. The molecule has 0 spiro atoms. The number of allylic oxidation sites excluding steroid dienone is 1. The van der Waals surface area contributed by atoms with Crippen molar-refractivity contribution in [2.45, 2.75) is 33.3 Å². The lowest BCUT2D eigenvalue weighted by molar-refractivity contribution is -0.139. The van der Waals surface area contributed by atoms with Crippen molar-refractivity contribution in [2.24, 2.45) is 5.73 Å². The first-order valence-corrected chi connectivity index (χ1v) is 6.55. The van der Waals surface area contributed by atoms with E-state index in [0.29, 0.717) is 5.70 Å². The van der Waals surface area contributed by atoms with Gasteiger partial charge in [0.05, 0.1) is 0 Å². The summed E-state index contributed by atoms with van der Waals surface area (Å²) >= 11 is 0. The van der Waals surface area contributed by atoms with E-state index in [0.717, 1.165) is 24.2 Å². The van der Waals surface area contributed by atoms with Crippen LogP contribution < -0.4 is 11.1 Å². The number of hydrogen-bond acceptors (Lipinski definition) is 4. The Kier molecular flexibility index (Phi) is 6.50. The SMILES string of the molecule is CCCCNc1ccc(COC(=O)/C=C(/C)N)cc1. The van der Waals surface area contributed by atoms with Gasteiger partial charge in [-0.1, -0.05) is 25.5 Å². The molecule has 104 valence electrons. The number of nitrogens with one attached hydrogen (secondary N) is 1. The lowest BCUT2D eigenvalue weighted by atomic mass is 10.2. The van der Waals surface area contributed by atoms with Crippen molar-refractivity contribution >= 4 is 11.7 Å². The van der Waals surface area contributed by atoms with Gasteiger partial charge in [-0.25, -0.2) is 4.79 Å². The van der Waals surface area contributed by atoms with Crippen LogP contribution in [0.3, 0.4) is 0 Å². The summed E-state index contributed by atoms with van der Waals surface area (Å²) in [6, 6.07) is 7.87. The van der Waals surface area contributed by atoms with Crippen LogP contribution in [-0.2, 0) is 16.1 Å². The Balaban J connectivity index is 2.40. The molecule has 1 aromatic carbocycles. The van der Waals surface area contributed by atoms with Crippen molar-refractivity contribution in [3.8, 4) is 0 Å². The highest BCUT2D eigenvalue weighted by Crippen LogP contribution is 2.10. The summed E-state index contributed by atoms with van der Waals surface area (Å²) in [6.07, 6.45) is 3.61. The Morgan fingerprint density at radius 3 is 2.63 bits per heavy atom. The summed E-state index contributed by atoms with van der Waals surface area (Å²) < 4.78 is 5.06. The maximum absolute atomic E-state index is 11.3. The second kappa shape index (κ2) is 8.19. The molecule has 0 radical (unpaired) electrons. The third kappa shape index (κ3) is 6.50. The van der Waals surface area contributed by atoms with Gasteiger partial charge in [0.2, 0.25) is 0 Å². The first-order valence-electron chi connectivity index (χ1n) is 6.55. The van der Waals surface area contributed by atoms with Gasteiger partial charge in [0.15, 0.2) is 0 Å². The summed E-state index contributed by atoms with van der Waals surface area (Å²) in [6.45, 7) is 5.05. The van der Waals surface area contributed by atoms with Gasteiger partial charge < -0.3 is 15.8 Å². The van der Waals surface area contributed by atoms with Crippen LogP contribution >= 0.6 is 0 Å². The molecule has 0 atom stereocenters. The van der Waals surface area contributed by atoms with Crippen molar-refractivity contribution < 1.29 is 9.53 Å². The quantitative estimate of drug-likeness (QED) is 0.450. The predicted molar refractivity (Wildman–Crippen MR) is 77.6 cm³/mol. The minimum Gasteiger partial charge on any atom is -0.458 e. The Bertz CT molecular complexity index is 420. The maximum Gasteiger partial charge on any atom is 0.332 e. The first kappa shape index (κ1) is 15.1. The number of hydrogen-bond donors (Lipinski definition) is 2. The van der Waals surface area contributed by atoms with Crippen LogP contribution in [0, 0.1) is 0 Å². The van der Waals surface area contributed by atoms with E-state index in [1.807, 2.05) is 24.3 Å². The molecule has 0 aliphatic carbocycles. The zero-order chi connectivity index (χ0) is 14.1. The van der Waals surface area contributed by atoms with Gasteiger partial charge in [-0.3, -0.25) is 0 Å². The highest BCUT2D eigenvalue weighted by atomic mass is 16.5. The number of benzene rings is 1. The molecule has 0 fully saturated rings. The molecule has 19 heavy (non-hydrogen) atoms. The fourth-order valence-corrected chi connectivity index (χ4v) is 1.51. The summed E-state index contributed by atoms with van der Waals surface area (Å²) in [4.78, 5) is 11.3. The molecule has 4 nitrogen and oxygen atoms in total. The van der Waals surface area contributed by atoms with Crippen molar-refractivity contribution in [2.75, 3.05) is 11.9 Å². The maximum atomic E-state index is 11.3. The molecular weight excluding hydrogens is 240 g/mol. The predicted octanol–water partition coefficient (Wildman–Crippen LogP) is 2.80. The van der Waals surface area contributed by atoms with Gasteiger partial charge in [-0.15, -0.1) is 0 Å². The van der Waals surface area contributed by atoms with Crippen LogP contribution in [-0.4, -0.2) is 12.5 Å². The topological polar surface area (TPSA) is 64.3 Å². The molecule has 4 heteroatoms. The number of unbranched alkanes of at least 4 members (excludes halogenated alkanes) is 1. The smallest absolute Gasteiger partial charge is 0.332 e. The summed E-state index contributed by atoms with van der Waals surface area (Å²) in [5.74, 6) is -0.412. The number of ether oxygens (including phenoxy) is 1. The normalized spacial score (nSPS) is 11.2. The molecule has 0 aliphatic heterocycles. The highest BCUT2D eigenvalue weighted by Gasteiger charge is 2.00. The molecule has 1 rings (SSSR count). The van der Waals surface area contributed by atoms with E-state index in [1.165, 1.54) is 12.5 Å². The molecule has 0 bridgehead atoms. The van der Waals surface area contributed by atoms with Crippen molar-refractivity contribution in [3.63, 3.8) is 0 Å². The average molecular weight is 262 g/mol. The third-order valence-corrected chi connectivity index (χ3v) is 2.54.